The number of nitrogens with zero attached hydrogens (tertiary/aromatic N) is 4. The van der Waals surface area contributed by atoms with Crippen LogP contribution in [-0.4, -0.2) is 31.8 Å². The normalized spacial score (nSPS) is 18.0. The number of urea groups is 1. The van der Waals surface area contributed by atoms with E-state index in [0.717, 1.165) is 16.2 Å². The first-order valence-electron chi connectivity index (χ1n) is 10.1. The monoisotopic (exact) mass is 435 g/mol. The van der Waals surface area contributed by atoms with E-state index in [1.54, 1.807) is 6.92 Å². The van der Waals surface area contributed by atoms with Crippen molar-refractivity contribution < 1.29 is 14.0 Å². The summed E-state index contributed by atoms with van der Waals surface area (Å²) in [5, 5.41) is 5.82. The standard InChI is InChI=1S/C22H22FN7O2/c1-3-22(14-8-10-15(23)11-9-14)18(31)30(21(32)29-22)12-17-26-19(24)28-20(27-17)25-16-7-5-4-6-13(16)2/h4-11H,3,12H2,1-2H3,(H,29,32)(H3,24,25,26,27,28)/t22-/m0/s1. The lowest BCUT2D eigenvalue weighted by molar-refractivity contribution is -0.132. The van der Waals surface area contributed by atoms with Crippen molar-refractivity contribution in [3.8, 4) is 0 Å². The third-order valence-electron chi connectivity index (χ3n) is 5.43. The highest BCUT2D eigenvalue weighted by molar-refractivity contribution is 6.07. The maximum atomic E-state index is 13.4. The minimum Gasteiger partial charge on any atom is -0.368 e. The number of rotatable bonds is 6. The first-order valence-corrected chi connectivity index (χ1v) is 10.1. The highest BCUT2D eigenvalue weighted by Gasteiger charge is 2.51. The molecule has 1 aromatic heterocycles. The van der Waals surface area contributed by atoms with Crippen molar-refractivity contribution in [3.05, 3.63) is 71.3 Å². The lowest BCUT2D eigenvalue weighted by Gasteiger charge is -2.25. The number of para-hydroxylation sites is 1. The second-order valence-electron chi connectivity index (χ2n) is 7.46. The number of anilines is 3. The molecule has 0 bridgehead atoms. The van der Waals surface area contributed by atoms with E-state index in [1.165, 1.54) is 24.3 Å². The van der Waals surface area contributed by atoms with Crippen molar-refractivity contribution in [1.82, 2.24) is 25.2 Å². The first-order chi connectivity index (χ1) is 15.3. The average molecular weight is 435 g/mol. The Morgan fingerprint density at radius 2 is 1.81 bits per heavy atom. The molecule has 3 amide bonds. The molecule has 4 rings (SSSR count). The number of hydrogen-bond donors (Lipinski definition) is 3. The quantitative estimate of drug-likeness (QED) is 0.508. The van der Waals surface area contributed by atoms with Gasteiger partial charge in [-0.2, -0.15) is 15.0 Å². The number of benzene rings is 2. The molecule has 4 N–H and O–H groups in total. The van der Waals surface area contributed by atoms with E-state index in [2.05, 4.69) is 25.6 Å². The fourth-order valence-electron chi connectivity index (χ4n) is 3.68. The molecule has 10 heteroatoms. The van der Waals surface area contributed by atoms with Crippen LogP contribution in [0.2, 0.25) is 0 Å². The Hall–Kier alpha value is -4.08. The van der Waals surface area contributed by atoms with E-state index in [1.807, 2.05) is 31.2 Å². The Morgan fingerprint density at radius 3 is 2.50 bits per heavy atom. The van der Waals surface area contributed by atoms with Crippen LogP contribution in [0.3, 0.4) is 0 Å². The number of imide groups is 1. The summed E-state index contributed by atoms with van der Waals surface area (Å²) < 4.78 is 13.4. The van der Waals surface area contributed by atoms with Gasteiger partial charge in [0.1, 0.15) is 11.4 Å². The molecule has 0 spiro atoms. The molecule has 0 saturated carbocycles. The van der Waals surface area contributed by atoms with Crippen LogP contribution in [0.5, 0.6) is 0 Å². The van der Waals surface area contributed by atoms with Crippen molar-refractivity contribution in [2.24, 2.45) is 0 Å². The molecular weight excluding hydrogens is 413 g/mol. The van der Waals surface area contributed by atoms with Gasteiger partial charge in [-0.25, -0.2) is 9.18 Å². The summed E-state index contributed by atoms with van der Waals surface area (Å²) in [6.07, 6.45) is 0.291. The summed E-state index contributed by atoms with van der Waals surface area (Å²) in [5.74, 6) is -0.581. The van der Waals surface area contributed by atoms with Gasteiger partial charge in [0.25, 0.3) is 5.91 Å². The van der Waals surface area contributed by atoms with Gasteiger partial charge in [0.15, 0.2) is 5.82 Å². The number of nitrogens with one attached hydrogen (secondary N) is 2. The van der Waals surface area contributed by atoms with E-state index < -0.39 is 23.3 Å². The lowest BCUT2D eigenvalue weighted by Crippen LogP contribution is -2.43. The van der Waals surface area contributed by atoms with Crippen LogP contribution >= 0.6 is 0 Å². The lowest BCUT2D eigenvalue weighted by atomic mass is 9.87. The van der Waals surface area contributed by atoms with Crippen molar-refractivity contribution in [2.75, 3.05) is 11.1 Å². The fraction of sp³-hybridized carbons (Fsp3) is 0.227. The summed E-state index contributed by atoms with van der Waals surface area (Å²) in [4.78, 5) is 39.5. The summed E-state index contributed by atoms with van der Waals surface area (Å²) in [6, 6.07) is 12.5. The van der Waals surface area contributed by atoms with Gasteiger partial charge < -0.3 is 16.4 Å². The van der Waals surface area contributed by atoms with E-state index in [4.69, 9.17) is 5.73 Å². The summed E-state index contributed by atoms with van der Waals surface area (Å²) in [5.41, 5.74) is 6.82. The van der Waals surface area contributed by atoms with Crippen LogP contribution in [-0.2, 0) is 16.9 Å². The van der Waals surface area contributed by atoms with Crippen LogP contribution in [0, 0.1) is 12.7 Å². The molecular formula is C22H22FN7O2. The van der Waals surface area contributed by atoms with Gasteiger partial charge in [-0.1, -0.05) is 37.3 Å². The topological polar surface area (TPSA) is 126 Å². The van der Waals surface area contributed by atoms with Crippen LogP contribution in [0.15, 0.2) is 48.5 Å². The minimum absolute atomic E-state index is 0.0431. The molecule has 9 nitrogen and oxygen atoms in total. The Bertz CT molecular complexity index is 1190. The predicted molar refractivity (Wildman–Crippen MR) is 116 cm³/mol. The van der Waals surface area contributed by atoms with Gasteiger partial charge in [-0.15, -0.1) is 0 Å². The molecule has 1 aliphatic rings. The average Bonchev–Trinajstić information content (AvgIpc) is 3.00. The number of amides is 3. The van der Waals surface area contributed by atoms with Crippen molar-refractivity contribution in [2.45, 2.75) is 32.4 Å². The van der Waals surface area contributed by atoms with E-state index in [-0.39, 0.29) is 24.3 Å². The maximum absolute atomic E-state index is 13.4. The molecule has 2 aromatic carbocycles. The Labute approximate surface area is 183 Å². The first kappa shape index (κ1) is 21.2. The van der Waals surface area contributed by atoms with Gasteiger partial charge in [0.05, 0.1) is 6.54 Å². The fourth-order valence-corrected chi connectivity index (χ4v) is 3.68. The number of aryl methyl sites for hydroxylation is 1. The second-order valence-corrected chi connectivity index (χ2v) is 7.46. The van der Waals surface area contributed by atoms with Crippen molar-refractivity contribution >= 4 is 29.5 Å². The zero-order valence-electron chi connectivity index (χ0n) is 17.6. The molecule has 0 radical (unpaired) electrons. The number of carbonyl (C=O) groups is 2. The zero-order chi connectivity index (χ0) is 22.9. The SMILES string of the molecule is CC[C@@]1(c2ccc(F)cc2)NC(=O)N(Cc2nc(N)nc(Nc3ccccc3C)n2)C1=O. The number of carbonyl (C=O) groups excluding carboxylic acids is 2. The van der Waals surface area contributed by atoms with Crippen LogP contribution in [0.25, 0.3) is 0 Å². The van der Waals surface area contributed by atoms with E-state index in [9.17, 15) is 14.0 Å². The number of halogens is 1. The van der Waals surface area contributed by atoms with Crippen molar-refractivity contribution in [1.29, 1.82) is 0 Å². The van der Waals surface area contributed by atoms with E-state index in [0.29, 0.717) is 12.0 Å². The molecule has 1 atom stereocenters. The van der Waals surface area contributed by atoms with Crippen LogP contribution < -0.4 is 16.4 Å². The summed E-state index contributed by atoms with van der Waals surface area (Å²) in [7, 11) is 0. The maximum Gasteiger partial charge on any atom is 0.325 e. The molecule has 32 heavy (non-hydrogen) atoms. The molecule has 1 fully saturated rings. The molecule has 0 aliphatic carbocycles. The van der Waals surface area contributed by atoms with Gasteiger partial charge in [0.2, 0.25) is 11.9 Å². The molecule has 3 aromatic rings. The highest BCUT2D eigenvalue weighted by Crippen LogP contribution is 2.33. The van der Waals surface area contributed by atoms with Gasteiger partial charge in [0, 0.05) is 5.69 Å². The van der Waals surface area contributed by atoms with Gasteiger partial charge >= 0.3 is 6.03 Å². The third-order valence-corrected chi connectivity index (χ3v) is 5.43. The van der Waals surface area contributed by atoms with Crippen molar-refractivity contribution in [3.63, 3.8) is 0 Å². The number of aromatic nitrogens is 3. The van der Waals surface area contributed by atoms with Crippen LogP contribution in [0.4, 0.5) is 26.8 Å². The molecule has 164 valence electrons. The smallest absolute Gasteiger partial charge is 0.325 e. The molecule has 1 saturated heterocycles. The van der Waals surface area contributed by atoms with E-state index >= 15 is 0 Å². The summed E-state index contributed by atoms with van der Waals surface area (Å²) in [6.45, 7) is 3.51. The molecule has 0 unspecified atom stereocenters. The zero-order valence-corrected chi connectivity index (χ0v) is 17.6. The Kier molecular flexibility index (Phi) is 5.43. The minimum atomic E-state index is -1.29. The predicted octanol–water partition coefficient (Wildman–Crippen LogP) is 3.00. The number of nitrogen functional groups attached to an aromatic ring is 1. The number of hydrogen-bond acceptors (Lipinski definition) is 7. The van der Waals surface area contributed by atoms with Gasteiger partial charge in [-0.3, -0.25) is 9.69 Å². The molecule has 1 aliphatic heterocycles. The number of nitrogens with two attached hydrogens (primary N) is 1. The Balaban J connectivity index is 1.61. The molecule has 2 heterocycles. The largest absolute Gasteiger partial charge is 0.368 e. The summed E-state index contributed by atoms with van der Waals surface area (Å²) >= 11 is 0. The van der Waals surface area contributed by atoms with Gasteiger partial charge in [-0.05, 0) is 42.7 Å². The second kappa shape index (κ2) is 8.22. The third kappa shape index (κ3) is 3.82. The highest BCUT2D eigenvalue weighted by atomic mass is 19.1. The van der Waals surface area contributed by atoms with Crippen LogP contribution in [0.1, 0.15) is 30.3 Å². The Morgan fingerprint density at radius 1 is 1.09 bits per heavy atom.